The highest BCUT2D eigenvalue weighted by molar-refractivity contribution is 6.31. The summed E-state index contributed by atoms with van der Waals surface area (Å²) < 4.78 is 0. The van der Waals surface area contributed by atoms with Gasteiger partial charge in [0.1, 0.15) is 0 Å². The van der Waals surface area contributed by atoms with Crippen LogP contribution in [0.5, 0.6) is 0 Å². The van der Waals surface area contributed by atoms with E-state index in [4.69, 9.17) is 11.6 Å². The van der Waals surface area contributed by atoms with Crippen LogP contribution in [0, 0.1) is 0 Å². The van der Waals surface area contributed by atoms with E-state index in [2.05, 4.69) is 5.32 Å². The number of carbonyl (C=O) groups is 1. The second-order valence-electron chi connectivity index (χ2n) is 4.74. The third-order valence-electron chi connectivity index (χ3n) is 3.54. The first-order chi connectivity index (χ1) is 8.68. The van der Waals surface area contributed by atoms with E-state index in [-0.39, 0.29) is 5.91 Å². The number of nitrogens with one attached hydrogen (secondary N) is 1. The number of halogens is 1. The zero-order valence-electron chi connectivity index (χ0n) is 10.7. The molecular formula is C14H19ClN2O. The van der Waals surface area contributed by atoms with Crippen LogP contribution in [-0.4, -0.2) is 37.0 Å². The van der Waals surface area contributed by atoms with Crippen LogP contribution in [-0.2, 0) is 11.2 Å². The van der Waals surface area contributed by atoms with Gasteiger partial charge in [0, 0.05) is 31.1 Å². The molecule has 0 bridgehead atoms. The van der Waals surface area contributed by atoms with Crippen LogP contribution in [0.25, 0.3) is 0 Å². The van der Waals surface area contributed by atoms with E-state index in [1.807, 2.05) is 36.2 Å². The molecule has 0 unspecified atom stereocenters. The smallest absolute Gasteiger partial charge is 0.222 e. The molecule has 1 aliphatic heterocycles. The number of hydrogen-bond acceptors (Lipinski definition) is 2. The van der Waals surface area contributed by atoms with Crippen LogP contribution in [0.2, 0.25) is 5.02 Å². The van der Waals surface area contributed by atoms with Crippen LogP contribution < -0.4 is 5.32 Å². The number of aryl methyl sites for hydroxylation is 1. The first kappa shape index (κ1) is 13.4. The first-order valence-corrected chi connectivity index (χ1v) is 6.76. The minimum atomic E-state index is 0.198. The van der Waals surface area contributed by atoms with Crippen molar-refractivity contribution in [2.24, 2.45) is 0 Å². The van der Waals surface area contributed by atoms with Crippen LogP contribution in [0.15, 0.2) is 24.3 Å². The standard InChI is InChI=1S/C14H19ClN2O/c1-17(12-8-9-16-10-12)14(18)7-6-11-4-2-3-5-13(11)15/h2-5,12,16H,6-10H2,1H3/t12-/m1/s1. The third-order valence-corrected chi connectivity index (χ3v) is 3.91. The summed E-state index contributed by atoms with van der Waals surface area (Å²) in [5, 5.41) is 4.02. The van der Waals surface area contributed by atoms with Crippen molar-refractivity contribution in [3.63, 3.8) is 0 Å². The fourth-order valence-electron chi connectivity index (χ4n) is 2.29. The van der Waals surface area contributed by atoms with Gasteiger partial charge in [0.15, 0.2) is 0 Å². The summed E-state index contributed by atoms with van der Waals surface area (Å²) in [5.41, 5.74) is 1.05. The van der Waals surface area contributed by atoms with Crippen molar-refractivity contribution in [3.05, 3.63) is 34.9 Å². The van der Waals surface area contributed by atoms with E-state index in [1.165, 1.54) is 0 Å². The quantitative estimate of drug-likeness (QED) is 0.905. The van der Waals surface area contributed by atoms with Crippen LogP contribution in [0.4, 0.5) is 0 Å². The third kappa shape index (κ3) is 3.24. The molecular weight excluding hydrogens is 248 g/mol. The molecule has 2 rings (SSSR count). The molecule has 4 heteroatoms. The molecule has 18 heavy (non-hydrogen) atoms. The highest BCUT2D eigenvalue weighted by Gasteiger charge is 2.22. The summed E-state index contributed by atoms with van der Waals surface area (Å²) in [7, 11) is 1.90. The summed E-state index contributed by atoms with van der Waals surface area (Å²) in [6.07, 6.45) is 2.29. The molecule has 0 saturated carbocycles. The predicted octanol–water partition coefficient (Wildman–Crippen LogP) is 2.09. The van der Waals surface area contributed by atoms with Gasteiger partial charge in [-0.2, -0.15) is 0 Å². The summed E-state index contributed by atoms with van der Waals surface area (Å²) in [5.74, 6) is 0.198. The van der Waals surface area contributed by atoms with Gasteiger partial charge in [0.2, 0.25) is 5.91 Å². The van der Waals surface area contributed by atoms with Crippen LogP contribution >= 0.6 is 11.6 Å². The molecule has 0 spiro atoms. The van der Waals surface area contributed by atoms with E-state index >= 15 is 0 Å². The van der Waals surface area contributed by atoms with Crippen molar-refractivity contribution in [1.29, 1.82) is 0 Å². The topological polar surface area (TPSA) is 32.3 Å². The Morgan fingerprint density at radius 3 is 2.94 bits per heavy atom. The highest BCUT2D eigenvalue weighted by atomic mass is 35.5. The molecule has 0 aliphatic carbocycles. The van der Waals surface area contributed by atoms with Gasteiger partial charge in [-0.25, -0.2) is 0 Å². The first-order valence-electron chi connectivity index (χ1n) is 6.38. The minimum absolute atomic E-state index is 0.198. The number of amides is 1. The second-order valence-corrected chi connectivity index (χ2v) is 5.15. The average Bonchev–Trinajstić information content (AvgIpc) is 2.90. The Balaban J connectivity index is 1.86. The Bertz CT molecular complexity index is 416. The van der Waals surface area contributed by atoms with Gasteiger partial charge in [0.05, 0.1) is 0 Å². The molecule has 3 nitrogen and oxygen atoms in total. The lowest BCUT2D eigenvalue weighted by Crippen LogP contribution is -2.38. The molecule has 1 amide bonds. The Kier molecular flexibility index (Phi) is 4.61. The summed E-state index contributed by atoms with van der Waals surface area (Å²) >= 11 is 6.08. The van der Waals surface area contributed by atoms with Crippen molar-refractivity contribution in [2.45, 2.75) is 25.3 Å². The van der Waals surface area contributed by atoms with Crippen LogP contribution in [0.1, 0.15) is 18.4 Å². The number of likely N-dealkylation sites (N-methyl/N-ethyl adjacent to an activating group) is 1. The molecule has 1 aromatic carbocycles. The molecule has 1 aromatic rings. The van der Waals surface area contributed by atoms with Gasteiger partial charge in [0.25, 0.3) is 0 Å². The largest absolute Gasteiger partial charge is 0.341 e. The second kappa shape index (κ2) is 6.21. The summed E-state index contributed by atoms with van der Waals surface area (Å²) in [6.45, 7) is 1.92. The number of hydrogen-bond donors (Lipinski definition) is 1. The zero-order chi connectivity index (χ0) is 13.0. The summed E-state index contributed by atoms with van der Waals surface area (Å²) in [6, 6.07) is 8.06. The number of carbonyl (C=O) groups excluding carboxylic acids is 1. The Morgan fingerprint density at radius 1 is 1.50 bits per heavy atom. The molecule has 1 fully saturated rings. The Hall–Kier alpha value is -1.06. The molecule has 1 N–H and O–H groups in total. The Morgan fingerprint density at radius 2 is 2.28 bits per heavy atom. The number of nitrogens with zero attached hydrogens (tertiary/aromatic N) is 1. The molecule has 0 aromatic heterocycles. The van der Waals surface area contributed by atoms with Crippen molar-refractivity contribution < 1.29 is 4.79 Å². The van der Waals surface area contributed by atoms with Gasteiger partial charge in [-0.1, -0.05) is 29.8 Å². The fraction of sp³-hybridized carbons (Fsp3) is 0.500. The number of benzene rings is 1. The van der Waals surface area contributed by atoms with E-state index in [1.54, 1.807) is 0 Å². The van der Waals surface area contributed by atoms with Gasteiger partial charge in [-0.05, 0) is 31.0 Å². The van der Waals surface area contributed by atoms with Gasteiger partial charge >= 0.3 is 0 Å². The molecule has 1 aliphatic rings. The van der Waals surface area contributed by atoms with Gasteiger partial charge in [-0.3, -0.25) is 4.79 Å². The van der Waals surface area contributed by atoms with E-state index < -0.39 is 0 Å². The van der Waals surface area contributed by atoms with E-state index in [0.717, 1.165) is 30.1 Å². The maximum absolute atomic E-state index is 12.1. The lowest BCUT2D eigenvalue weighted by atomic mass is 10.1. The molecule has 1 saturated heterocycles. The van der Waals surface area contributed by atoms with E-state index in [0.29, 0.717) is 18.9 Å². The lowest BCUT2D eigenvalue weighted by molar-refractivity contribution is -0.131. The number of rotatable bonds is 4. The SMILES string of the molecule is CN(C(=O)CCc1ccccc1Cl)[C@@H]1CCNC1. The van der Waals surface area contributed by atoms with Gasteiger partial charge in [-0.15, -0.1) is 0 Å². The lowest BCUT2D eigenvalue weighted by Gasteiger charge is -2.23. The Labute approximate surface area is 113 Å². The molecule has 1 heterocycles. The van der Waals surface area contributed by atoms with Crippen molar-refractivity contribution in [1.82, 2.24) is 10.2 Å². The zero-order valence-corrected chi connectivity index (χ0v) is 11.4. The fourth-order valence-corrected chi connectivity index (χ4v) is 2.52. The molecule has 0 radical (unpaired) electrons. The normalized spacial score (nSPS) is 18.9. The maximum atomic E-state index is 12.1. The molecule has 1 atom stereocenters. The van der Waals surface area contributed by atoms with Crippen molar-refractivity contribution in [3.8, 4) is 0 Å². The monoisotopic (exact) mass is 266 g/mol. The maximum Gasteiger partial charge on any atom is 0.222 e. The average molecular weight is 267 g/mol. The van der Waals surface area contributed by atoms with Gasteiger partial charge < -0.3 is 10.2 Å². The highest BCUT2D eigenvalue weighted by Crippen LogP contribution is 2.17. The van der Waals surface area contributed by atoms with Crippen molar-refractivity contribution in [2.75, 3.05) is 20.1 Å². The summed E-state index contributed by atoms with van der Waals surface area (Å²) in [4.78, 5) is 13.9. The van der Waals surface area contributed by atoms with Crippen molar-refractivity contribution >= 4 is 17.5 Å². The molecule has 98 valence electrons. The predicted molar refractivity (Wildman–Crippen MR) is 73.8 cm³/mol. The van der Waals surface area contributed by atoms with Crippen LogP contribution in [0.3, 0.4) is 0 Å². The minimum Gasteiger partial charge on any atom is -0.341 e. The van der Waals surface area contributed by atoms with E-state index in [9.17, 15) is 4.79 Å².